The van der Waals surface area contributed by atoms with Gasteiger partial charge in [-0.3, -0.25) is 14.5 Å². The number of amides is 2. The van der Waals surface area contributed by atoms with Crippen LogP contribution >= 0.6 is 28.1 Å². The van der Waals surface area contributed by atoms with Gasteiger partial charge in [0.05, 0.1) is 6.42 Å². The van der Waals surface area contributed by atoms with Crippen molar-refractivity contribution < 1.29 is 9.59 Å². The summed E-state index contributed by atoms with van der Waals surface area (Å²) in [4.78, 5) is 29.9. The fourth-order valence-electron chi connectivity index (χ4n) is 4.26. The molecule has 0 radical (unpaired) electrons. The lowest BCUT2D eigenvalue weighted by molar-refractivity contribution is -0.130. The van der Waals surface area contributed by atoms with Crippen molar-refractivity contribution in [3.63, 3.8) is 0 Å². The minimum absolute atomic E-state index is 0.0577. The first-order chi connectivity index (χ1) is 17.0. The van der Waals surface area contributed by atoms with Gasteiger partial charge in [-0.05, 0) is 66.9 Å². The van der Waals surface area contributed by atoms with E-state index >= 15 is 0 Å². The molecule has 3 aromatic rings. The molecule has 0 saturated carbocycles. The fourth-order valence-corrected chi connectivity index (χ4v) is 4.92. The van der Waals surface area contributed by atoms with E-state index < -0.39 is 6.04 Å². The van der Waals surface area contributed by atoms with Crippen LogP contribution in [0.25, 0.3) is 0 Å². The molecule has 1 saturated heterocycles. The van der Waals surface area contributed by atoms with E-state index in [9.17, 15) is 9.59 Å². The monoisotopic (exact) mass is 549 g/mol. The van der Waals surface area contributed by atoms with E-state index in [0.717, 1.165) is 22.9 Å². The van der Waals surface area contributed by atoms with Crippen molar-refractivity contribution in [1.29, 1.82) is 0 Å². The molecule has 1 heterocycles. The Morgan fingerprint density at radius 1 is 0.857 bits per heavy atom. The third kappa shape index (κ3) is 6.77. The highest BCUT2D eigenvalue weighted by atomic mass is 79.9. The second-order valence-electron chi connectivity index (χ2n) is 8.57. The smallest absolute Gasteiger partial charge is 0.252 e. The maximum absolute atomic E-state index is 13.4. The Morgan fingerprint density at radius 3 is 2.09 bits per heavy atom. The van der Waals surface area contributed by atoms with Gasteiger partial charge in [0.2, 0.25) is 5.91 Å². The van der Waals surface area contributed by atoms with Gasteiger partial charge >= 0.3 is 0 Å². The molecule has 0 aromatic heterocycles. The Labute approximate surface area is 220 Å². The molecule has 1 aliphatic rings. The summed E-state index contributed by atoms with van der Waals surface area (Å²) in [5, 5.41) is 3.42. The fraction of sp³-hybridized carbons (Fsp3) is 0.250. The van der Waals surface area contributed by atoms with Crippen molar-refractivity contribution in [2.75, 3.05) is 18.4 Å². The summed E-state index contributed by atoms with van der Waals surface area (Å²) >= 11 is 9.15. The van der Waals surface area contributed by atoms with Crippen LogP contribution < -0.4 is 5.32 Å². The van der Waals surface area contributed by atoms with E-state index in [-0.39, 0.29) is 18.2 Å². The number of thiocarbonyl (C=S) groups is 1. The van der Waals surface area contributed by atoms with Crippen molar-refractivity contribution in [2.24, 2.45) is 0 Å². The molecule has 3 aromatic carbocycles. The van der Waals surface area contributed by atoms with E-state index in [1.165, 1.54) is 5.56 Å². The van der Waals surface area contributed by atoms with E-state index in [2.05, 4.69) is 33.4 Å². The largest absolute Gasteiger partial charge is 0.336 e. The molecule has 180 valence electrons. The molecule has 4 rings (SSSR count). The van der Waals surface area contributed by atoms with Crippen LogP contribution in [0.15, 0.2) is 89.4 Å². The Hall–Kier alpha value is -3.03. The van der Waals surface area contributed by atoms with Crippen LogP contribution in [-0.4, -0.2) is 45.9 Å². The van der Waals surface area contributed by atoms with Crippen LogP contribution in [0.1, 0.15) is 24.0 Å². The first-order valence-electron chi connectivity index (χ1n) is 11.8. The number of halogens is 1. The Morgan fingerprint density at radius 2 is 1.46 bits per heavy atom. The molecular formula is C28H28BrN3O2S. The standard InChI is InChI=1S/C28H28BrN3O2S/c29-23-13-15-24(16-14-23)30-26(33)20-25-27(34)32(19-17-22-10-5-2-6-11-22)28(35)31(25)18-7-12-21-8-3-1-4-9-21/h1-6,8-11,13-16,25H,7,12,17-20H2,(H,30,33). The molecule has 1 unspecified atom stereocenters. The first-order valence-corrected chi connectivity index (χ1v) is 13.0. The number of anilines is 1. The zero-order chi connectivity index (χ0) is 24.6. The van der Waals surface area contributed by atoms with Gasteiger partial charge in [-0.1, -0.05) is 76.6 Å². The lowest BCUT2D eigenvalue weighted by Crippen LogP contribution is -2.38. The molecule has 1 fully saturated rings. The van der Waals surface area contributed by atoms with Gasteiger partial charge in [-0.25, -0.2) is 0 Å². The maximum atomic E-state index is 13.4. The number of hydrogen-bond donors (Lipinski definition) is 1. The molecule has 0 aliphatic carbocycles. The molecule has 2 amide bonds. The van der Waals surface area contributed by atoms with Gasteiger partial charge in [0.15, 0.2) is 5.11 Å². The predicted octanol–water partition coefficient (Wildman–Crippen LogP) is 5.45. The van der Waals surface area contributed by atoms with Crippen LogP contribution in [0, 0.1) is 0 Å². The van der Waals surface area contributed by atoms with E-state index in [1.54, 1.807) is 4.90 Å². The summed E-state index contributed by atoms with van der Waals surface area (Å²) in [6, 6.07) is 27.1. The summed E-state index contributed by atoms with van der Waals surface area (Å²) in [6.45, 7) is 1.12. The van der Waals surface area contributed by atoms with Crippen LogP contribution in [0.3, 0.4) is 0 Å². The summed E-state index contributed by atoms with van der Waals surface area (Å²) < 4.78 is 0.936. The minimum Gasteiger partial charge on any atom is -0.336 e. The number of rotatable bonds is 10. The van der Waals surface area contributed by atoms with Crippen molar-refractivity contribution in [3.8, 4) is 0 Å². The quantitative estimate of drug-likeness (QED) is 0.341. The van der Waals surface area contributed by atoms with E-state index in [1.807, 2.05) is 77.7 Å². The minimum atomic E-state index is -0.593. The van der Waals surface area contributed by atoms with Crippen LogP contribution in [0.5, 0.6) is 0 Å². The highest BCUT2D eigenvalue weighted by molar-refractivity contribution is 9.10. The van der Waals surface area contributed by atoms with Gasteiger partial charge in [-0.2, -0.15) is 0 Å². The number of benzene rings is 3. The zero-order valence-corrected chi connectivity index (χ0v) is 21.8. The molecule has 7 heteroatoms. The van der Waals surface area contributed by atoms with Gasteiger partial charge in [0, 0.05) is 23.2 Å². The van der Waals surface area contributed by atoms with Gasteiger partial charge in [-0.15, -0.1) is 0 Å². The van der Waals surface area contributed by atoms with Crippen molar-refractivity contribution in [2.45, 2.75) is 31.7 Å². The van der Waals surface area contributed by atoms with Crippen molar-refractivity contribution in [3.05, 3.63) is 101 Å². The number of nitrogens with zero attached hydrogens (tertiary/aromatic N) is 2. The lowest BCUT2D eigenvalue weighted by Gasteiger charge is -2.24. The molecule has 1 N–H and O–H groups in total. The van der Waals surface area contributed by atoms with Gasteiger partial charge in [0.1, 0.15) is 6.04 Å². The predicted molar refractivity (Wildman–Crippen MR) is 147 cm³/mol. The molecule has 1 aliphatic heterocycles. The lowest BCUT2D eigenvalue weighted by atomic mass is 10.1. The second kappa shape index (κ2) is 12.1. The van der Waals surface area contributed by atoms with Crippen molar-refractivity contribution in [1.82, 2.24) is 9.80 Å². The molecule has 1 atom stereocenters. The number of hydrogen-bond acceptors (Lipinski definition) is 3. The van der Waals surface area contributed by atoms with Crippen LogP contribution in [-0.2, 0) is 22.4 Å². The highest BCUT2D eigenvalue weighted by Crippen LogP contribution is 2.23. The summed E-state index contributed by atoms with van der Waals surface area (Å²) in [6.07, 6.45) is 2.50. The van der Waals surface area contributed by atoms with E-state index in [4.69, 9.17) is 12.2 Å². The Bertz CT molecular complexity index is 1160. The normalized spacial score (nSPS) is 15.5. The van der Waals surface area contributed by atoms with Gasteiger partial charge in [0.25, 0.3) is 5.91 Å². The Kier molecular flexibility index (Phi) is 8.66. The number of carbonyl (C=O) groups excluding carboxylic acids is 2. The second-order valence-corrected chi connectivity index (χ2v) is 9.85. The van der Waals surface area contributed by atoms with Crippen molar-refractivity contribution >= 4 is 50.8 Å². The summed E-state index contributed by atoms with van der Waals surface area (Å²) in [7, 11) is 0. The number of nitrogens with one attached hydrogen (secondary N) is 1. The summed E-state index contributed by atoms with van der Waals surface area (Å²) in [5.41, 5.74) is 3.09. The third-order valence-corrected chi connectivity index (χ3v) is 7.07. The van der Waals surface area contributed by atoms with Crippen LogP contribution in [0.4, 0.5) is 5.69 Å². The number of aryl methyl sites for hydroxylation is 1. The SMILES string of the molecule is O=C(CC1C(=O)N(CCc2ccccc2)C(=S)N1CCCc1ccccc1)Nc1ccc(Br)cc1. The molecule has 5 nitrogen and oxygen atoms in total. The maximum Gasteiger partial charge on any atom is 0.252 e. The Balaban J connectivity index is 1.44. The van der Waals surface area contributed by atoms with Crippen LogP contribution in [0.2, 0.25) is 0 Å². The molecule has 0 spiro atoms. The first kappa shape index (κ1) is 25.1. The van der Waals surface area contributed by atoms with E-state index in [0.29, 0.717) is 30.3 Å². The molecular weight excluding hydrogens is 522 g/mol. The van der Waals surface area contributed by atoms with Gasteiger partial charge < -0.3 is 10.2 Å². The topological polar surface area (TPSA) is 52.7 Å². The molecule has 35 heavy (non-hydrogen) atoms. The average molecular weight is 551 g/mol. The highest BCUT2D eigenvalue weighted by Gasteiger charge is 2.42. The molecule has 0 bridgehead atoms. The third-order valence-electron chi connectivity index (χ3n) is 6.08. The summed E-state index contributed by atoms with van der Waals surface area (Å²) in [5.74, 6) is -0.303. The number of carbonyl (C=O) groups is 2. The zero-order valence-electron chi connectivity index (χ0n) is 19.4. The average Bonchev–Trinajstić information content (AvgIpc) is 3.09.